The van der Waals surface area contributed by atoms with Gasteiger partial charge in [-0.3, -0.25) is 9.59 Å². The van der Waals surface area contributed by atoms with Gasteiger partial charge in [-0.25, -0.2) is 0 Å². The van der Waals surface area contributed by atoms with E-state index >= 15 is 0 Å². The number of nitrogens with one attached hydrogen (secondary N) is 1. The van der Waals surface area contributed by atoms with Gasteiger partial charge in [0, 0.05) is 23.5 Å². The van der Waals surface area contributed by atoms with E-state index in [4.69, 9.17) is 21.8 Å². The first-order chi connectivity index (χ1) is 13.0. The Morgan fingerprint density at radius 3 is 2.59 bits per heavy atom. The van der Waals surface area contributed by atoms with Crippen LogP contribution >= 0.6 is 11.6 Å². The number of carboxylic acids is 1. The van der Waals surface area contributed by atoms with E-state index in [1.807, 2.05) is 36.1 Å². The molecule has 0 bridgehead atoms. The predicted molar refractivity (Wildman–Crippen MR) is 105 cm³/mol. The number of hydrogen-bond acceptors (Lipinski definition) is 4. The molecule has 1 aliphatic rings. The Morgan fingerprint density at radius 2 is 2.00 bits per heavy atom. The number of aliphatic carboxylic acids is 1. The zero-order valence-electron chi connectivity index (χ0n) is 15.7. The first kappa shape index (κ1) is 21.7. The predicted octanol–water partition coefficient (Wildman–Crippen LogP) is 2.85. The molecule has 7 heteroatoms. The molecule has 27 heavy (non-hydrogen) atoms. The summed E-state index contributed by atoms with van der Waals surface area (Å²) in [6, 6.07) is 7.49. The number of amides is 1. The van der Waals surface area contributed by atoms with Crippen molar-refractivity contribution in [1.29, 1.82) is 0 Å². The first-order valence-electron chi connectivity index (χ1n) is 9.58. The monoisotopic (exact) mass is 396 g/mol. The number of carbonyl (C=O) groups excluding carboxylic acids is 1. The fourth-order valence-corrected chi connectivity index (χ4v) is 3.97. The van der Waals surface area contributed by atoms with Gasteiger partial charge in [0.1, 0.15) is 0 Å². The average molecular weight is 397 g/mol. The van der Waals surface area contributed by atoms with Crippen LogP contribution in [0.1, 0.15) is 50.6 Å². The fraction of sp³-hybridized carbons (Fsp3) is 0.600. The molecule has 3 unspecified atom stereocenters. The number of likely N-dealkylation sites (tertiary alicyclic amines) is 1. The highest BCUT2D eigenvalue weighted by Gasteiger charge is 2.39. The number of aliphatic hydroxyl groups is 1. The van der Waals surface area contributed by atoms with Crippen LogP contribution in [0.15, 0.2) is 24.3 Å². The Bertz CT molecular complexity index is 623. The summed E-state index contributed by atoms with van der Waals surface area (Å²) in [6.45, 7) is 3.34. The Morgan fingerprint density at radius 1 is 1.30 bits per heavy atom. The van der Waals surface area contributed by atoms with Gasteiger partial charge in [0.25, 0.3) is 0 Å². The Labute approximate surface area is 165 Å². The number of carbonyl (C=O) groups is 2. The number of piperidine rings is 1. The molecule has 2 rings (SSSR count). The first-order valence-corrected chi connectivity index (χ1v) is 9.96. The van der Waals surface area contributed by atoms with Crippen molar-refractivity contribution >= 4 is 23.5 Å². The lowest BCUT2D eigenvalue weighted by molar-refractivity contribution is -0.151. The van der Waals surface area contributed by atoms with E-state index in [0.29, 0.717) is 24.5 Å². The fourth-order valence-electron chi connectivity index (χ4n) is 3.85. The zero-order valence-corrected chi connectivity index (χ0v) is 16.5. The molecule has 1 aromatic carbocycles. The second kappa shape index (κ2) is 10.6. The standard InChI is InChI=1S/C20H29ClN2O4/c1-2-17(9-10-22-11-12-24)23-18(14-3-6-16(21)7-4-14)8-5-15(20(23)27)13-19(25)26/h3-4,6-7,15,17-18,22,24H,2,5,8-13H2,1H3,(H,25,26). The molecule has 1 saturated heterocycles. The maximum Gasteiger partial charge on any atom is 0.304 e. The molecule has 0 radical (unpaired) electrons. The van der Waals surface area contributed by atoms with Crippen LogP contribution in [-0.4, -0.2) is 52.7 Å². The molecule has 150 valence electrons. The molecule has 1 fully saturated rings. The lowest BCUT2D eigenvalue weighted by atomic mass is 9.84. The molecule has 1 aromatic rings. The number of nitrogens with zero attached hydrogens (tertiary/aromatic N) is 1. The quantitative estimate of drug-likeness (QED) is 0.529. The third-order valence-corrected chi connectivity index (χ3v) is 5.46. The number of aliphatic hydroxyl groups excluding tert-OH is 1. The largest absolute Gasteiger partial charge is 0.481 e. The van der Waals surface area contributed by atoms with Gasteiger partial charge in [-0.2, -0.15) is 0 Å². The van der Waals surface area contributed by atoms with Crippen molar-refractivity contribution in [2.24, 2.45) is 5.92 Å². The summed E-state index contributed by atoms with van der Waals surface area (Å²) in [5.41, 5.74) is 1.03. The summed E-state index contributed by atoms with van der Waals surface area (Å²) in [4.78, 5) is 26.3. The van der Waals surface area contributed by atoms with Crippen molar-refractivity contribution in [1.82, 2.24) is 10.2 Å². The van der Waals surface area contributed by atoms with E-state index in [1.54, 1.807) is 0 Å². The molecule has 0 spiro atoms. The van der Waals surface area contributed by atoms with E-state index in [-0.39, 0.29) is 31.0 Å². The van der Waals surface area contributed by atoms with Gasteiger partial charge in [-0.1, -0.05) is 30.7 Å². The number of carboxylic acid groups (broad SMARTS) is 1. The van der Waals surface area contributed by atoms with Gasteiger partial charge in [-0.05, 0) is 49.9 Å². The van der Waals surface area contributed by atoms with Crippen molar-refractivity contribution in [3.05, 3.63) is 34.9 Å². The highest BCUT2D eigenvalue weighted by atomic mass is 35.5. The van der Waals surface area contributed by atoms with Gasteiger partial charge >= 0.3 is 5.97 Å². The van der Waals surface area contributed by atoms with Crippen molar-refractivity contribution in [3.63, 3.8) is 0 Å². The van der Waals surface area contributed by atoms with Gasteiger partial charge in [-0.15, -0.1) is 0 Å². The third-order valence-electron chi connectivity index (χ3n) is 5.21. The van der Waals surface area contributed by atoms with E-state index in [1.165, 1.54) is 0 Å². The van der Waals surface area contributed by atoms with Gasteiger partial charge in [0.2, 0.25) is 5.91 Å². The normalized spacial score (nSPS) is 21.3. The molecule has 1 heterocycles. The molecular formula is C20H29ClN2O4. The zero-order chi connectivity index (χ0) is 19.8. The summed E-state index contributed by atoms with van der Waals surface area (Å²) in [5.74, 6) is -1.47. The van der Waals surface area contributed by atoms with Crippen LogP contribution in [-0.2, 0) is 9.59 Å². The average Bonchev–Trinajstić information content (AvgIpc) is 2.64. The maximum atomic E-state index is 13.2. The number of benzene rings is 1. The molecule has 3 N–H and O–H groups in total. The van der Waals surface area contributed by atoms with Gasteiger partial charge < -0.3 is 20.4 Å². The van der Waals surface area contributed by atoms with Crippen LogP contribution in [0.25, 0.3) is 0 Å². The minimum atomic E-state index is -0.934. The van der Waals surface area contributed by atoms with Crippen molar-refractivity contribution in [2.75, 3.05) is 19.7 Å². The van der Waals surface area contributed by atoms with E-state index in [0.717, 1.165) is 24.8 Å². The lowest BCUT2D eigenvalue weighted by Gasteiger charge is -2.44. The maximum absolute atomic E-state index is 13.2. The molecule has 3 atom stereocenters. The number of hydrogen-bond donors (Lipinski definition) is 3. The van der Waals surface area contributed by atoms with E-state index in [2.05, 4.69) is 5.32 Å². The Kier molecular flexibility index (Phi) is 8.54. The summed E-state index contributed by atoms with van der Waals surface area (Å²) in [5, 5.41) is 21.9. The smallest absolute Gasteiger partial charge is 0.304 e. The highest BCUT2D eigenvalue weighted by molar-refractivity contribution is 6.30. The third kappa shape index (κ3) is 5.92. The lowest BCUT2D eigenvalue weighted by Crippen LogP contribution is -2.50. The van der Waals surface area contributed by atoms with Crippen molar-refractivity contribution < 1.29 is 19.8 Å². The van der Waals surface area contributed by atoms with Crippen LogP contribution in [0, 0.1) is 5.92 Å². The molecule has 1 aliphatic heterocycles. The molecular weight excluding hydrogens is 368 g/mol. The van der Waals surface area contributed by atoms with Crippen LogP contribution in [0.2, 0.25) is 5.02 Å². The van der Waals surface area contributed by atoms with Crippen LogP contribution in [0.4, 0.5) is 0 Å². The van der Waals surface area contributed by atoms with Gasteiger partial charge in [0.05, 0.1) is 19.1 Å². The minimum absolute atomic E-state index is 0.0148. The summed E-state index contributed by atoms with van der Waals surface area (Å²) in [6.07, 6.45) is 2.74. The van der Waals surface area contributed by atoms with E-state index < -0.39 is 11.9 Å². The molecule has 0 aromatic heterocycles. The second-order valence-corrected chi connectivity index (χ2v) is 7.45. The van der Waals surface area contributed by atoms with Gasteiger partial charge in [0.15, 0.2) is 0 Å². The van der Waals surface area contributed by atoms with Crippen molar-refractivity contribution in [2.45, 2.75) is 51.1 Å². The minimum Gasteiger partial charge on any atom is -0.481 e. The van der Waals surface area contributed by atoms with E-state index in [9.17, 15) is 9.59 Å². The molecule has 6 nitrogen and oxygen atoms in total. The molecule has 0 saturated carbocycles. The van der Waals surface area contributed by atoms with Crippen LogP contribution in [0.3, 0.4) is 0 Å². The van der Waals surface area contributed by atoms with Crippen LogP contribution in [0.5, 0.6) is 0 Å². The number of rotatable bonds is 10. The SMILES string of the molecule is CCC(CCNCCO)N1C(=O)C(CC(=O)O)CCC1c1ccc(Cl)cc1. The van der Waals surface area contributed by atoms with Crippen LogP contribution < -0.4 is 5.32 Å². The summed E-state index contributed by atoms with van der Waals surface area (Å²) >= 11 is 6.01. The number of halogens is 1. The molecule has 1 amide bonds. The topological polar surface area (TPSA) is 89.9 Å². The summed E-state index contributed by atoms with van der Waals surface area (Å²) < 4.78 is 0. The Balaban J connectivity index is 2.23. The second-order valence-electron chi connectivity index (χ2n) is 7.01. The highest BCUT2D eigenvalue weighted by Crippen LogP contribution is 2.38. The Hall–Kier alpha value is -1.63. The molecule has 0 aliphatic carbocycles. The summed E-state index contributed by atoms with van der Waals surface area (Å²) in [7, 11) is 0. The van der Waals surface area contributed by atoms with Crippen molar-refractivity contribution in [3.8, 4) is 0 Å².